The van der Waals surface area contributed by atoms with E-state index in [1.165, 1.54) is 0 Å². The lowest BCUT2D eigenvalue weighted by Gasteiger charge is -2.10. The maximum absolute atomic E-state index is 12.0. The SMILES string of the molecule is CCc1ccccc1NC(=O)CC(=O)Nc1cccc(Br)c1. The number of amides is 2. The summed E-state index contributed by atoms with van der Waals surface area (Å²) in [6.45, 7) is 2.02. The van der Waals surface area contributed by atoms with Crippen LogP contribution in [0.1, 0.15) is 18.9 Å². The van der Waals surface area contributed by atoms with Gasteiger partial charge in [0.25, 0.3) is 0 Å². The first-order valence-electron chi connectivity index (χ1n) is 7.01. The van der Waals surface area contributed by atoms with Gasteiger partial charge in [-0.1, -0.05) is 47.1 Å². The molecule has 0 saturated heterocycles. The van der Waals surface area contributed by atoms with E-state index in [1.807, 2.05) is 43.3 Å². The van der Waals surface area contributed by atoms with Crippen molar-refractivity contribution in [3.05, 3.63) is 58.6 Å². The van der Waals surface area contributed by atoms with Gasteiger partial charge < -0.3 is 10.6 Å². The van der Waals surface area contributed by atoms with E-state index >= 15 is 0 Å². The number of anilines is 2. The smallest absolute Gasteiger partial charge is 0.233 e. The molecule has 0 bridgehead atoms. The Morgan fingerprint density at radius 3 is 2.45 bits per heavy atom. The molecule has 0 spiro atoms. The lowest BCUT2D eigenvalue weighted by Crippen LogP contribution is -2.21. The van der Waals surface area contributed by atoms with Crippen molar-refractivity contribution in [2.75, 3.05) is 10.6 Å². The van der Waals surface area contributed by atoms with Gasteiger partial charge in [0, 0.05) is 15.8 Å². The van der Waals surface area contributed by atoms with E-state index in [2.05, 4.69) is 26.6 Å². The minimum atomic E-state index is -0.343. The molecule has 0 atom stereocenters. The molecule has 5 heteroatoms. The second kappa shape index (κ2) is 7.75. The van der Waals surface area contributed by atoms with Crippen LogP contribution < -0.4 is 10.6 Å². The summed E-state index contributed by atoms with van der Waals surface area (Å²) in [5.41, 5.74) is 2.45. The van der Waals surface area contributed by atoms with Crippen molar-refractivity contribution in [2.24, 2.45) is 0 Å². The van der Waals surface area contributed by atoms with E-state index in [4.69, 9.17) is 0 Å². The molecule has 0 radical (unpaired) electrons. The maximum Gasteiger partial charge on any atom is 0.233 e. The standard InChI is InChI=1S/C17H17BrN2O2/c1-2-12-6-3-4-9-15(12)20-17(22)11-16(21)19-14-8-5-7-13(18)10-14/h3-10H,2,11H2,1H3,(H,19,21)(H,20,22). The fourth-order valence-electron chi connectivity index (χ4n) is 2.06. The first-order chi connectivity index (χ1) is 10.6. The average Bonchev–Trinajstić information content (AvgIpc) is 2.47. The van der Waals surface area contributed by atoms with E-state index in [1.54, 1.807) is 12.1 Å². The van der Waals surface area contributed by atoms with Crippen LogP contribution in [-0.4, -0.2) is 11.8 Å². The topological polar surface area (TPSA) is 58.2 Å². The van der Waals surface area contributed by atoms with E-state index < -0.39 is 0 Å². The van der Waals surface area contributed by atoms with Crippen LogP contribution in [0, 0.1) is 0 Å². The van der Waals surface area contributed by atoms with Crippen LogP contribution in [0.5, 0.6) is 0 Å². The second-order valence-electron chi connectivity index (χ2n) is 4.79. The molecule has 0 saturated carbocycles. The lowest BCUT2D eigenvalue weighted by molar-refractivity contribution is -0.123. The van der Waals surface area contributed by atoms with Gasteiger partial charge in [-0.3, -0.25) is 9.59 Å². The molecular formula is C17H17BrN2O2. The molecule has 0 fully saturated rings. The van der Waals surface area contributed by atoms with Crippen molar-refractivity contribution in [3.63, 3.8) is 0 Å². The Bertz CT molecular complexity index is 686. The number of para-hydroxylation sites is 1. The van der Waals surface area contributed by atoms with E-state index in [-0.39, 0.29) is 18.2 Å². The maximum atomic E-state index is 12.0. The highest BCUT2D eigenvalue weighted by Crippen LogP contribution is 2.17. The minimum absolute atomic E-state index is 0.218. The lowest BCUT2D eigenvalue weighted by atomic mass is 10.1. The summed E-state index contributed by atoms with van der Waals surface area (Å²) in [5, 5.41) is 5.48. The van der Waals surface area contributed by atoms with E-state index in [9.17, 15) is 9.59 Å². The number of halogens is 1. The molecular weight excluding hydrogens is 344 g/mol. The predicted molar refractivity (Wildman–Crippen MR) is 91.8 cm³/mol. The number of nitrogens with one attached hydrogen (secondary N) is 2. The van der Waals surface area contributed by atoms with Crippen LogP contribution in [0.2, 0.25) is 0 Å². The van der Waals surface area contributed by atoms with Crippen molar-refractivity contribution in [3.8, 4) is 0 Å². The van der Waals surface area contributed by atoms with E-state index in [0.717, 1.165) is 22.1 Å². The number of carbonyl (C=O) groups is 2. The van der Waals surface area contributed by atoms with Crippen LogP contribution in [0.4, 0.5) is 11.4 Å². The van der Waals surface area contributed by atoms with Crippen LogP contribution in [-0.2, 0) is 16.0 Å². The third-order valence-electron chi connectivity index (χ3n) is 3.10. The minimum Gasteiger partial charge on any atom is -0.326 e. The molecule has 2 N–H and O–H groups in total. The zero-order valence-corrected chi connectivity index (χ0v) is 13.8. The highest BCUT2D eigenvalue weighted by molar-refractivity contribution is 9.10. The van der Waals surface area contributed by atoms with Gasteiger partial charge in [-0.25, -0.2) is 0 Å². The van der Waals surface area contributed by atoms with Crippen molar-refractivity contribution >= 4 is 39.1 Å². The van der Waals surface area contributed by atoms with Gasteiger partial charge in [-0.2, -0.15) is 0 Å². The summed E-state index contributed by atoms with van der Waals surface area (Å²) < 4.78 is 0.867. The molecule has 0 aromatic heterocycles. The zero-order valence-electron chi connectivity index (χ0n) is 12.2. The third kappa shape index (κ3) is 4.70. The first kappa shape index (κ1) is 16.2. The predicted octanol–water partition coefficient (Wildman–Crippen LogP) is 3.98. The number of aryl methyl sites for hydroxylation is 1. The number of carbonyl (C=O) groups excluding carboxylic acids is 2. The Morgan fingerprint density at radius 1 is 1.00 bits per heavy atom. The first-order valence-corrected chi connectivity index (χ1v) is 7.81. The van der Waals surface area contributed by atoms with Crippen LogP contribution >= 0.6 is 15.9 Å². The fourth-order valence-corrected chi connectivity index (χ4v) is 2.46. The highest BCUT2D eigenvalue weighted by Gasteiger charge is 2.11. The zero-order chi connectivity index (χ0) is 15.9. The van der Waals surface area contributed by atoms with Crippen LogP contribution in [0.25, 0.3) is 0 Å². The molecule has 114 valence electrons. The largest absolute Gasteiger partial charge is 0.326 e. The summed E-state index contributed by atoms with van der Waals surface area (Å²) in [6.07, 6.45) is 0.602. The summed E-state index contributed by atoms with van der Waals surface area (Å²) in [7, 11) is 0. The van der Waals surface area contributed by atoms with Gasteiger partial charge in [-0.05, 0) is 36.2 Å². The fraction of sp³-hybridized carbons (Fsp3) is 0.176. The van der Waals surface area contributed by atoms with Crippen LogP contribution in [0.3, 0.4) is 0 Å². The van der Waals surface area contributed by atoms with E-state index in [0.29, 0.717) is 5.69 Å². The molecule has 0 heterocycles. The third-order valence-corrected chi connectivity index (χ3v) is 3.60. The quantitative estimate of drug-likeness (QED) is 0.792. The highest BCUT2D eigenvalue weighted by atomic mass is 79.9. The Balaban J connectivity index is 1.93. The summed E-state index contributed by atoms with van der Waals surface area (Å²) >= 11 is 3.33. The number of benzene rings is 2. The molecule has 2 amide bonds. The summed E-state index contributed by atoms with van der Waals surface area (Å²) in [6, 6.07) is 14.8. The second-order valence-corrected chi connectivity index (χ2v) is 5.71. The van der Waals surface area contributed by atoms with Gasteiger partial charge >= 0.3 is 0 Å². The normalized spacial score (nSPS) is 10.1. The number of rotatable bonds is 5. The summed E-state index contributed by atoms with van der Waals surface area (Å²) in [5.74, 6) is -0.669. The molecule has 0 aliphatic carbocycles. The Kier molecular flexibility index (Phi) is 5.72. The van der Waals surface area contributed by atoms with Gasteiger partial charge in [-0.15, -0.1) is 0 Å². The molecule has 0 aliphatic heterocycles. The molecule has 4 nitrogen and oxygen atoms in total. The number of hydrogen-bond donors (Lipinski definition) is 2. The Hall–Kier alpha value is -2.14. The van der Waals surface area contributed by atoms with Gasteiger partial charge in [0.2, 0.25) is 11.8 Å². The van der Waals surface area contributed by atoms with Crippen molar-refractivity contribution in [1.29, 1.82) is 0 Å². The summed E-state index contributed by atoms with van der Waals surface area (Å²) in [4.78, 5) is 23.9. The Morgan fingerprint density at radius 2 is 1.73 bits per heavy atom. The number of hydrogen-bond acceptors (Lipinski definition) is 2. The average molecular weight is 361 g/mol. The monoisotopic (exact) mass is 360 g/mol. The van der Waals surface area contributed by atoms with Gasteiger partial charge in [0.15, 0.2) is 0 Å². The van der Waals surface area contributed by atoms with Crippen LogP contribution in [0.15, 0.2) is 53.0 Å². The molecule has 22 heavy (non-hydrogen) atoms. The van der Waals surface area contributed by atoms with Crippen molar-refractivity contribution in [1.82, 2.24) is 0 Å². The molecule has 2 aromatic carbocycles. The Labute approximate surface area is 138 Å². The van der Waals surface area contributed by atoms with Crippen molar-refractivity contribution < 1.29 is 9.59 Å². The molecule has 0 unspecified atom stereocenters. The van der Waals surface area contributed by atoms with Crippen molar-refractivity contribution in [2.45, 2.75) is 19.8 Å². The molecule has 2 rings (SSSR count). The molecule has 0 aliphatic rings. The molecule has 2 aromatic rings. The van der Waals surface area contributed by atoms with Gasteiger partial charge in [0.05, 0.1) is 0 Å². The van der Waals surface area contributed by atoms with Gasteiger partial charge in [0.1, 0.15) is 6.42 Å².